The summed E-state index contributed by atoms with van der Waals surface area (Å²) in [5, 5.41) is 2.45. The summed E-state index contributed by atoms with van der Waals surface area (Å²) in [5.74, 6) is 1.84. The second-order valence-corrected chi connectivity index (χ2v) is 10.1. The highest BCUT2D eigenvalue weighted by Gasteiger charge is 2.21. The Morgan fingerprint density at radius 3 is 2.08 bits per heavy atom. The van der Waals surface area contributed by atoms with Crippen LogP contribution < -0.4 is 9.64 Å². The molecule has 0 N–H and O–H groups in total. The summed E-state index contributed by atoms with van der Waals surface area (Å²) in [6, 6.07) is 49.0. The highest BCUT2D eigenvalue weighted by molar-refractivity contribution is 7.99. The third-order valence-electron chi connectivity index (χ3n) is 6.72. The SMILES string of the molecule is c1ccc(N(c2ccc(-c3cccc4c3Oc3ccccc3S4)cc2)c2cccc3ccccc23)cc1. The Balaban J connectivity index is 1.32. The van der Waals surface area contributed by atoms with E-state index in [4.69, 9.17) is 4.74 Å². The van der Waals surface area contributed by atoms with E-state index in [0.717, 1.165) is 49.5 Å². The molecule has 0 unspecified atom stereocenters. The number of hydrogen-bond acceptors (Lipinski definition) is 3. The maximum absolute atomic E-state index is 6.40. The van der Waals surface area contributed by atoms with Crippen LogP contribution in [0, 0.1) is 0 Å². The second kappa shape index (κ2) is 9.20. The van der Waals surface area contributed by atoms with Gasteiger partial charge in [0, 0.05) is 22.3 Å². The molecule has 0 fully saturated rings. The third kappa shape index (κ3) is 3.94. The van der Waals surface area contributed by atoms with Crippen LogP contribution in [0.5, 0.6) is 11.5 Å². The van der Waals surface area contributed by atoms with Gasteiger partial charge in [-0.05, 0) is 59.5 Å². The van der Waals surface area contributed by atoms with Crippen LogP contribution in [0.4, 0.5) is 17.1 Å². The topological polar surface area (TPSA) is 12.5 Å². The predicted molar refractivity (Wildman–Crippen MR) is 155 cm³/mol. The second-order valence-electron chi connectivity index (χ2n) is 9.00. The Morgan fingerprint density at radius 1 is 0.514 bits per heavy atom. The highest BCUT2D eigenvalue weighted by Crippen LogP contribution is 2.50. The number of hydrogen-bond donors (Lipinski definition) is 0. The number of para-hydroxylation sites is 3. The molecule has 1 heterocycles. The molecule has 6 aromatic carbocycles. The molecule has 1 aliphatic rings. The van der Waals surface area contributed by atoms with Crippen molar-refractivity contribution in [3.8, 4) is 22.6 Å². The zero-order valence-electron chi connectivity index (χ0n) is 20.0. The van der Waals surface area contributed by atoms with Crippen molar-refractivity contribution in [3.63, 3.8) is 0 Å². The number of fused-ring (bicyclic) bond motifs is 3. The molecule has 176 valence electrons. The van der Waals surface area contributed by atoms with Crippen LogP contribution in [0.15, 0.2) is 149 Å². The highest BCUT2D eigenvalue weighted by atomic mass is 32.2. The van der Waals surface area contributed by atoms with Gasteiger partial charge in [-0.3, -0.25) is 0 Å². The maximum atomic E-state index is 6.40. The van der Waals surface area contributed by atoms with Crippen molar-refractivity contribution < 1.29 is 4.74 Å². The number of nitrogens with zero attached hydrogens (tertiary/aromatic N) is 1. The van der Waals surface area contributed by atoms with Gasteiger partial charge in [-0.15, -0.1) is 0 Å². The number of ether oxygens (including phenoxy) is 1. The summed E-state index contributed by atoms with van der Waals surface area (Å²) < 4.78 is 6.40. The Hall–Kier alpha value is -4.47. The van der Waals surface area contributed by atoms with Crippen LogP contribution in [0.3, 0.4) is 0 Å². The summed E-state index contributed by atoms with van der Waals surface area (Å²) in [7, 11) is 0. The van der Waals surface area contributed by atoms with Gasteiger partial charge >= 0.3 is 0 Å². The molecule has 7 rings (SSSR count). The molecule has 0 aliphatic carbocycles. The molecule has 0 aromatic heterocycles. The van der Waals surface area contributed by atoms with Crippen molar-refractivity contribution in [1.29, 1.82) is 0 Å². The molecule has 37 heavy (non-hydrogen) atoms. The first-order valence-electron chi connectivity index (χ1n) is 12.4. The Kier molecular flexibility index (Phi) is 5.41. The summed E-state index contributed by atoms with van der Waals surface area (Å²) >= 11 is 1.76. The van der Waals surface area contributed by atoms with Gasteiger partial charge in [0.2, 0.25) is 0 Å². The minimum atomic E-state index is 0.912. The van der Waals surface area contributed by atoms with E-state index in [1.165, 1.54) is 10.8 Å². The van der Waals surface area contributed by atoms with E-state index < -0.39 is 0 Å². The first-order valence-corrected chi connectivity index (χ1v) is 13.2. The molecule has 0 saturated carbocycles. The molecule has 0 amide bonds. The van der Waals surface area contributed by atoms with Crippen LogP contribution in [0.25, 0.3) is 21.9 Å². The molecular weight excluding hydrogens is 470 g/mol. The first-order chi connectivity index (χ1) is 18.3. The molecule has 0 saturated heterocycles. The van der Waals surface area contributed by atoms with Gasteiger partial charge in [-0.2, -0.15) is 0 Å². The minimum Gasteiger partial charge on any atom is -0.454 e. The van der Waals surface area contributed by atoms with Gasteiger partial charge in [0.05, 0.1) is 15.5 Å². The van der Waals surface area contributed by atoms with Crippen molar-refractivity contribution in [1.82, 2.24) is 0 Å². The van der Waals surface area contributed by atoms with Crippen molar-refractivity contribution in [2.75, 3.05) is 4.90 Å². The first kappa shape index (κ1) is 21.8. The molecule has 0 radical (unpaired) electrons. The molecule has 0 atom stereocenters. The van der Waals surface area contributed by atoms with Gasteiger partial charge in [-0.1, -0.05) is 103 Å². The summed E-state index contributed by atoms with van der Waals surface area (Å²) in [6.07, 6.45) is 0. The van der Waals surface area contributed by atoms with E-state index >= 15 is 0 Å². The van der Waals surface area contributed by atoms with Crippen molar-refractivity contribution in [2.24, 2.45) is 0 Å². The molecule has 1 aliphatic heterocycles. The smallest absolute Gasteiger partial charge is 0.149 e. The molecule has 2 nitrogen and oxygen atoms in total. The Morgan fingerprint density at radius 2 is 1.19 bits per heavy atom. The quantitative estimate of drug-likeness (QED) is 0.242. The molecule has 3 heteroatoms. The lowest BCUT2D eigenvalue weighted by atomic mass is 10.0. The van der Waals surface area contributed by atoms with Crippen LogP contribution in [-0.2, 0) is 0 Å². The lowest BCUT2D eigenvalue weighted by molar-refractivity contribution is 0.456. The van der Waals surface area contributed by atoms with Crippen LogP contribution in [0.2, 0.25) is 0 Å². The van der Waals surface area contributed by atoms with E-state index in [2.05, 4.69) is 132 Å². The van der Waals surface area contributed by atoms with Crippen molar-refractivity contribution in [2.45, 2.75) is 9.79 Å². The van der Waals surface area contributed by atoms with Gasteiger partial charge in [-0.25, -0.2) is 0 Å². The van der Waals surface area contributed by atoms with E-state index in [-0.39, 0.29) is 0 Å². The van der Waals surface area contributed by atoms with Crippen LogP contribution in [0.1, 0.15) is 0 Å². The lowest BCUT2D eigenvalue weighted by Crippen LogP contribution is -2.10. The van der Waals surface area contributed by atoms with E-state index in [9.17, 15) is 0 Å². The standard InChI is InChI=1S/C34H23NOS/c1-2-12-26(13-3-1)35(30-16-8-11-24-10-4-5-14-28(24)30)27-22-20-25(21-23-27)29-15-9-19-33-34(29)36-31-17-6-7-18-32(31)37-33/h1-23H. The molecule has 6 aromatic rings. The fourth-order valence-corrected chi connectivity index (χ4v) is 5.96. The fourth-order valence-electron chi connectivity index (χ4n) is 4.97. The normalized spacial score (nSPS) is 11.9. The van der Waals surface area contributed by atoms with Crippen molar-refractivity contribution >= 4 is 39.6 Å². The van der Waals surface area contributed by atoms with Crippen molar-refractivity contribution in [3.05, 3.63) is 140 Å². The number of anilines is 3. The third-order valence-corrected chi connectivity index (χ3v) is 7.82. The van der Waals surface area contributed by atoms with E-state index in [1.54, 1.807) is 11.8 Å². The predicted octanol–water partition coefficient (Wildman–Crippen LogP) is 10.2. The molecule has 0 spiro atoms. The van der Waals surface area contributed by atoms with Gasteiger partial charge < -0.3 is 9.64 Å². The fraction of sp³-hybridized carbons (Fsp3) is 0. The van der Waals surface area contributed by atoms with E-state index in [0.29, 0.717) is 0 Å². The summed E-state index contributed by atoms with van der Waals surface area (Å²) in [6.45, 7) is 0. The van der Waals surface area contributed by atoms with Gasteiger partial charge in [0.1, 0.15) is 11.5 Å². The zero-order valence-corrected chi connectivity index (χ0v) is 20.9. The average Bonchev–Trinajstić information content (AvgIpc) is 2.97. The van der Waals surface area contributed by atoms with E-state index in [1.807, 2.05) is 12.1 Å². The van der Waals surface area contributed by atoms with Crippen LogP contribution in [-0.4, -0.2) is 0 Å². The number of rotatable bonds is 4. The monoisotopic (exact) mass is 493 g/mol. The van der Waals surface area contributed by atoms with Crippen LogP contribution >= 0.6 is 11.8 Å². The van der Waals surface area contributed by atoms with Gasteiger partial charge in [0.15, 0.2) is 0 Å². The lowest BCUT2D eigenvalue weighted by Gasteiger charge is -2.27. The largest absolute Gasteiger partial charge is 0.454 e. The number of benzene rings is 6. The maximum Gasteiger partial charge on any atom is 0.149 e. The molecular formula is C34H23NOS. The summed E-state index contributed by atoms with van der Waals surface area (Å²) in [4.78, 5) is 4.62. The average molecular weight is 494 g/mol. The zero-order chi connectivity index (χ0) is 24.6. The Labute approximate surface area is 220 Å². The van der Waals surface area contributed by atoms with Gasteiger partial charge in [0.25, 0.3) is 0 Å². The summed E-state index contributed by atoms with van der Waals surface area (Å²) in [5.41, 5.74) is 5.62. The Bertz CT molecular complexity index is 1720. The minimum absolute atomic E-state index is 0.912. The molecule has 0 bridgehead atoms.